The number of hydrogen-bond acceptors (Lipinski definition) is 4. The van der Waals surface area contributed by atoms with Crippen LogP contribution in [0.25, 0.3) is 0 Å². The van der Waals surface area contributed by atoms with Gasteiger partial charge in [0.25, 0.3) is 0 Å². The first-order valence-corrected chi connectivity index (χ1v) is 6.50. The summed E-state index contributed by atoms with van der Waals surface area (Å²) in [6, 6.07) is 0.323. The number of thiazole rings is 1. The summed E-state index contributed by atoms with van der Waals surface area (Å²) in [7, 11) is 0. The molecular formula is C11H20ClN3S. The van der Waals surface area contributed by atoms with Crippen LogP contribution in [-0.4, -0.2) is 29.0 Å². The number of nitrogens with zero attached hydrogens (tertiary/aromatic N) is 2. The van der Waals surface area contributed by atoms with Gasteiger partial charge in [0.05, 0.1) is 6.54 Å². The Kier molecular flexibility index (Phi) is 5.69. The second-order valence-electron chi connectivity index (χ2n) is 4.42. The average molecular weight is 262 g/mol. The van der Waals surface area contributed by atoms with Gasteiger partial charge in [-0.1, -0.05) is 0 Å². The molecule has 0 saturated carbocycles. The molecule has 0 radical (unpaired) electrons. The van der Waals surface area contributed by atoms with E-state index in [1.54, 1.807) is 11.3 Å². The molecule has 1 saturated heterocycles. The lowest BCUT2D eigenvalue weighted by atomic mass is 9.92. The van der Waals surface area contributed by atoms with E-state index in [1.165, 1.54) is 24.4 Å². The molecule has 2 unspecified atom stereocenters. The van der Waals surface area contributed by atoms with Crippen molar-refractivity contribution in [2.45, 2.75) is 32.4 Å². The van der Waals surface area contributed by atoms with Gasteiger partial charge in [-0.3, -0.25) is 4.90 Å². The molecule has 0 spiro atoms. The van der Waals surface area contributed by atoms with Crippen molar-refractivity contribution in [3.63, 3.8) is 0 Å². The Morgan fingerprint density at radius 2 is 2.50 bits per heavy atom. The number of hydrogen-bond donors (Lipinski definition) is 1. The van der Waals surface area contributed by atoms with E-state index in [2.05, 4.69) is 16.8 Å². The van der Waals surface area contributed by atoms with Crippen LogP contribution in [-0.2, 0) is 6.54 Å². The highest BCUT2D eigenvalue weighted by atomic mass is 35.5. The van der Waals surface area contributed by atoms with Crippen LogP contribution in [0.5, 0.6) is 0 Å². The standard InChI is InChI=1S/C11H19N3S.ClH/c1-9(12)10-3-2-5-14(7-10)8-11-13-4-6-15-11;/h4,6,9-10H,2-3,5,7-8,12H2,1H3;1H. The molecule has 2 heterocycles. The van der Waals surface area contributed by atoms with E-state index in [9.17, 15) is 0 Å². The zero-order valence-corrected chi connectivity index (χ0v) is 11.3. The van der Waals surface area contributed by atoms with Gasteiger partial charge in [-0.25, -0.2) is 4.98 Å². The zero-order chi connectivity index (χ0) is 10.7. The van der Waals surface area contributed by atoms with E-state index in [0.29, 0.717) is 12.0 Å². The lowest BCUT2D eigenvalue weighted by Gasteiger charge is -2.34. The van der Waals surface area contributed by atoms with Crippen LogP contribution in [0.1, 0.15) is 24.8 Å². The predicted molar refractivity (Wildman–Crippen MR) is 71.0 cm³/mol. The average Bonchev–Trinajstić information content (AvgIpc) is 2.71. The molecule has 92 valence electrons. The first-order chi connectivity index (χ1) is 7.25. The molecule has 0 bridgehead atoms. The van der Waals surface area contributed by atoms with Gasteiger partial charge in [0, 0.05) is 24.2 Å². The van der Waals surface area contributed by atoms with E-state index in [-0.39, 0.29) is 12.4 Å². The Morgan fingerprint density at radius 3 is 3.12 bits per heavy atom. The first-order valence-electron chi connectivity index (χ1n) is 5.62. The van der Waals surface area contributed by atoms with E-state index in [0.717, 1.165) is 13.1 Å². The van der Waals surface area contributed by atoms with Gasteiger partial charge in [0.15, 0.2) is 0 Å². The zero-order valence-electron chi connectivity index (χ0n) is 9.63. The molecule has 2 rings (SSSR count). The van der Waals surface area contributed by atoms with Crippen LogP contribution < -0.4 is 5.73 Å². The summed E-state index contributed by atoms with van der Waals surface area (Å²) in [4.78, 5) is 6.81. The van der Waals surface area contributed by atoms with Gasteiger partial charge in [0.1, 0.15) is 5.01 Å². The van der Waals surface area contributed by atoms with Crippen LogP contribution in [0.3, 0.4) is 0 Å². The van der Waals surface area contributed by atoms with Crippen LogP contribution in [0.4, 0.5) is 0 Å². The van der Waals surface area contributed by atoms with Gasteiger partial charge < -0.3 is 5.73 Å². The molecule has 16 heavy (non-hydrogen) atoms. The monoisotopic (exact) mass is 261 g/mol. The largest absolute Gasteiger partial charge is 0.328 e. The summed E-state index contributed by atoms with van der Waals surface area (Å²) >= 11 is 1.74. The number of likely N-dealkylation sites (tertiary alicyclic amines) is 1. The second kappa shape index (κ2) is 6.55. The Bertz CT molecular complexity index is 289. The highest BCUT2D eigenvalue weighted by Gasteiger charge is 2.22. The van der Waals surface area contributed by atoms with Crippen molar-refractivity contribution in [1.29, 1.82) is 0 Å². The molecule has 1 aromatic heterocycles. The summed E-state index contributed by atoms with van der Waals surface area (Å²) < 4.78 is 0. The minimum atomic E-state index is 0. The summed E-state index contributed by atoms with van der Waals surface area (Å²) in [5.41, 5.74) is 5.96. The highest BCUT2D eigenvalue weighted by molar-refractivity contribution is 7.09. The maximum atomic E-state index is 5.96. The van der Waals surface area contributed by atoms with Crippen LogP contribution in [0.2, 0.25) is 0 Å². The quantitative estimate of drug-likeness (QED) is 0.906. The molecular weight excluding hydrogens is 242 g/mol. The number of halogens is 1. The van der Waals surface area contributed by atoms with Crippen molar-refractivity contribution in [1.82, 2.24) is 9.88 Å². The number of piperidine rings is 1. The summed E-state index contributed by atoms with van der Waals surface area (Å²) in [5, 5.41) is 3.27. The topological polar surface area (TPSA) is 42.1 Å². The number of aromatic nitrogens is 1. The van der Waals surface area contributed by atoms with Gasteiger partial charge in [0.2, 0.25) is 0 Å². The summed E-state index contributed by atoms with van der Waals surface area (Å²) in [6.07, 6.45) is 4.44. The molecule has 1 aliphatic heterocycles. The van der Waals surface area contributed by atoms with E-state index in [4.69, 9.17) is 5.73 Å². The maximum absolute atomic E-state index is 5.96. The minimum absolute atomic E-state index is 0. The lowest BCUT2D eigenvalue weighted by molar-refractivity contribution is 0.154. The van der Waals surface area contributed by atoms with Crippen LogP contribution in [0, 0.1) is 5.92 Å². The predicted octanol–water partition coefficient (Wildman–Crippen LogP) is 2.12. The normalized spacial score (nSPS) is 23.8. The molecule has 3 nitrogen and oxygen atoms in total. The van der Waals surface area contributed by atoms with E-state index in [1.807, 2.05) is 11.6 Å². The van der Waals surface area contributed by atoms with Crippen molar-refractivity contribution < 1.29 is 0 Å². The van der Waals surface area contributed by atoms with E-state index < -0.39 is 0 Å². The molecule has 1 fully saturated rings. The third-order valence-electron chi connectivity index (χ3n) is 3.13. The molecule has 2 atom stereocenters. The molecule has 0 aromatic carbocycles. The molecule has 5 heteroatoms. The Balaban J connectivity index is 0.00000128. The van der Waals surface area contributed by atoms with Crippen molar-refractivity contribution >= 4 is 23.7 Å². The van der Waals surface area contributed by atoms with Gasteiger partial charge in [-0.05, 0) is 32.2 Å². The molecule has 0 amide bonds. The number of rotatable bonds is 3. The third-order valence-corrected chi connectivity index (χ3v) is 3.89. The fourth-order valence-corrected chi connectivity index (χ4v) is 2.84. The fourth-order valence-electron chi connectivity index (χ4n) is 2.19. The second-order valence-corrected chi connectivity index (χ2v) is 5.40. The SMILES string of the molecule is CC(N)C1CCCN(Cc2nccs2)C1.Cl. The fraction of sp³-hybridized carbons (Fsp3) is 0.727. The molecule has 0 aliphatic carbocycles. The van der Waals surface area contributed by atoms with Gasteiger partial charge in [-0.15, -0.1) is 23.7 Å². The van der Waals surface area contributed by atoms with Crippen molar-refractivity contribution in [3.8, 4) is 0 Å². The maximum Gasteiger partial charge on any atom is 0.107 e. The summed E-state index contributed by atoms with van der Waals surface area (Å²) in [6.45, 7) is 5.46. The molecule has 2 N–H and O–H groups in total. The number of nitrogens with two attached hydrogens (primary N) is 1. The first kappa shape index (κ1) is 13.9. The van der Waals surface area contributed by atoms with Crippen molar-refractivity contribution in [2.24, 2.45) is 11.7 Å². The smallest absolute Gasteiger partial charge is 0.107 e. The van der Waals surface area contributed by atoms with Gasteiger partial charge in [-0.2, -0.15) is 0 Å². The van der Waals surface area contributed by atoms with Crippen molar-refractivity contribution in [3.05, 3.63) is 16.6 Å². The minimum Gasteiger partial charge on any atom is -0.328 e. The molecule has 1 aliphatic rings. The van der Waals surface area contributed by atoms with Crippen LogP contribution in [0.15, 0.2) is 11.6 Å². The Morgan fingerprint density at radius 1 is 1.69 bits per heavy atom. The Hall–Kier alpha value is -0.160. The highest BCUT2D eigenvalue weighted by Crippen LogP contribution is 2.20. The van der Waals surface area contributed by atoms with E-state index >= 15 is 0 Å². The van der Waals surface area contributed by atoms with Crippen molar-refractivity contribution in [2.75, 3.05) is 13.1 Å². The Labute approximate surface area is 107 Å². The summed E-state index contributed by atoms with van der Waals surface area (Å²) in [5.74, 6) is 0.665. The molecule has 1 aromatic rings. The lowest BCUT2D eigenvalue weighted by Crippen LogP contribution is -2.41. The van der Waals surface area contributed by atoms with Gasteiger partial charge >= 0.3 is 0 Å². The third kappa shape index (κ3) is 3.70. The van der Waals surface area contributed by atoms with Crippen LogP contribution >= 0.6 is 23.7 Å².